The van der Waals surface area contributed by atoms with Crippen LogP contribution >= 0.6 is 27.3 Å². The Morgan fingerprint density at radius 2 is 2.22 bits per heavy atom. The van der Waals surface area contributed by atoms with Crippen LogP contribution in [0.1, 0.15) is 17.2 Å². The maximum absolute atomic E-state index is 5.26. The molecule has 1 aromatic carbocycles. The summed E-state index contributed by atoms with van der Waals surface area (Å²) >= 11 is 5.31. The highest BCUT2D eigenvalue weighted by Gasteiger charge is 2.14. The van der Waals surface area contributed by atoms with E-state index in [0.29, 0.717) is 6.04 Å². The Balaban J connectivity index is 2.18. The molecule has 4 heteroatoms. The first kappa shape index (κ1) is 13.6. The van der Waals surface area contributed by atoms with Crippen LogP contribution in [0.25, 0.3) is 0 Å². The van der Waals surface area contributed by atoms with Crippen LogP contribution in [0.3, 0.4) is 0 Å². The second-order valence-electron chi connectivity index (χ2n) is 4.07. The fourth-order valence-corrected chi connectivity index (χ4v) is 3.57. The first-order chi connectivity index (χ1) is 8.74. The summed E-state index contributed by atoms with van der Waals surface area (Å²) in [5.74, 6) is 0.909. The Labute approximate surface area is 120 Å². The van der Waals surface area contributed by atoms with Crippen molar-refractivity contribution < 1.29 is 4.74 Å². The highest BCUT2D eigenvalue weighted by molar-refractivity contribution is 9.10. The summed E-state index contributed by atoms with van der Waals surface area (Å²) in [5.41, 5.74) is 2.58. The predicted octanol–water partition coefficient (Wildman–Crippen LogP) is 4.02. The lowest BCUT2D eigenvalue weighted by Crippen LogP contribution is -2.18. The van der Waals surface area contributed by atoms with Gasteiger partial charge in [-0.1, -0.05) is 12.1 Å². The number of nitrogens with one attached hydrogen (secondary N) is 1. The zero-order valence-electron chi connectivity index (χ0n) is 10.4. The standard InChI is InChI=1S/C14H16BrNOS/c1-16-14(12-8-18-9-13(12)15)7-10-4-3-5-11(6-10)17-2/h3-6,8-9,14,16H,7H2,1-2H3. The van der Waals surface area contributed by atoms with E-state index in [4.69, 9.17) is 4.74 Å². The van der Waals surface area contributed by atoms with Crippen molar-refractivity contribution in [3.63, 3.8) is 0 Å². The van der Waals surface area contributed by atoms with Gasteiger partial charge in [0.1, 0.15) is 5.75 Å². The lowest BCUT2D eigenvalue weighted by molar-refractivity contribution is 0.414. The third kappa shape index (κ3) is 3.13. The lowest BCUT2D eigenvalue weighted by Gasteiger charge is -2.16. The van der Waals surface area contributed by atoms with Crippen molar-refractivity contribution in [1.82, 2.24) is 5.32 Å². The van der Waals surface area contributed by atoms with E-state index in [1.165, 1.54) is 15.6 Å². The summed E-state index contributed by atoms with van der Waals surface area (Å²) in [7, 11) is 3.69. The molecule has 0 spiro atoms. The van der Waals surface area contributed by atoms with Crippen LogP contribution in [-0.4, -0.2) is 14.2 Å². The fourth-order valence-electron chi connectivity index (χ4n) is 1.94. The van der Waals surface area contributed by atoms with E-state index in [0.717, 1.165) is 12.2 Å². The van der Waals surface area contributed by atoms with E-state index < -0.39 is 0 Å². The van der Waals surface area contributed by atoms with Crippen LogP contribution in [0, 0.1) is 0 Å². The fraction of sp³-hybridized carbons (Fsp3) is 0.286. The number of thiophene rings is 1. The van der Waals surface area contributed by atoms with Crippen molar-refractivity contribution >= 4 is 27.3 Å². The van der Waals surface area contributed by atoms with E-state index in [1.807, 2.05) is 19.2 Å². The quantitative estimate of drug-likeness (QED) is 0.896. The molecule has 0 aliphatic heterocycles. The molecule has 0 fully saturated rings. The molecule has 1 N–H and O–H groups in total. The van der Waals surface area contributed by atoms with Gasteiger partial charge in [-0.25, -0.2) is 0 Å². The first-order valence-corrected chi connectivity index (χ1v) is 7.50. The number of ether oxygens (including phenoxy) is 1. The van der Waals surface area contributed by atoms with E-state index in [2.05, 4.69) is 44.1 Å². The molecule has 1 heterocycles. The SMILES string of the molecule is CNC(Cc1cccc(OC)c1)c1cscc1Br. The van der Waals surface area contributed by atoms with Crippen molar-refractivity contribution in [3.8, 4) is 5.75 Å². The van der Waals surface area contributed by atoms with Crippen LogP contribution in [0.2, 0.25) is 0 Å². The van der Waals surface area contributed by atoms with Gasteiger partial charge in [0, 0.05) is 15.9 Å². The average Bonchev–Trinajstić information content (AvgIpc) is 2.82. The largest absolute Gasteiger partial charge is 0.497 e. The number of rotatable bonds is 5. The summed E-state index contributed by atoms with van der Waals surface area (Å²) in [4.78, 5) is 0. The van der Waals surface area contributed by atoms with E-state index in [9.17, 15) is 0 Å². The van der Waals surface area contributed by atoms with Crippen molar-refractivity contribution in [3.05, 3.63) is 50.6 Å². The van der Waals surface area contributed by atoms with E-state index in [-0.39, 0.29) is 0 Å². The van der Waals surface area contributed by atoms with Gasteiger partial charge in [0.25, 0.3) is 0 Å². The van der Waals surface area contributed by atoms with E-state index in [1.54, 1.807) is 18.4 Å². The molecule has 0 saturated carbocycles. The van der Waals surface area contributed by atoms with Crippen LogP contribution in [0.4, 0.5) is 0 Å². The molecule has 0 aliphatic carbocycles. The van der Waals surface area contributed by atoms with Gasteiger partial charge < -0.3 is 10.1 Å². The van der Waals surface area contributed by atoms with Gasteiger partial charge in [0.15, 0.2) is 0 Å². The van der Waals surface area contributed by atoms with Crippen LogP contribution in [0.15, 0.2) is 39.5 Å². The van der Waals surface area contributed by atoms with Gasteiger partial charge in [-0.2, -0.15) is 11.3 Å². The zero-order chi connectivity index (χ0) is 13.0. The van der Waals surface area contributed by atoms with Gasteiger partial charge >= 0.3 is 0 Å². The normalized spacial score (nSPS) is 12.4. The molecular weight excluding hydrogens is 310 g/mol. The third-order valence-corrected chi connectivity index (χ3v) is 4.69. The van der Waals surface area contributed by atoms with Crippen LogP contribution < -0.4 is 10.1 Å². The Morgan fingerprint density at radius 1 is 1.39 bits per heavy atom. The smallest absolute Gasteiger partial charge is 0.119 e. The maximum atomic E-state index is 5.26. The van der Waals surface area contributed by atoms with Crippen LogP contribution in [-0.2, 0) is 6.42 Å². The molecular formula is C14H16BrNOS. The molecule has 96 valence electrons. The highest BCUT2D eigenvalue weighted by Crippen LogP contribution is 2.29. The van der Waals surface area contributed by atoms with Gasteiger partial charge in [-0.3, -0.25) is 0 Å². The summed E-state index contributed by atoms with van der Waals surface area (Å²) in [6, 6.07) is 8.54. The molecule has 0 radical (unpaired) electrons. The first-order valence-electron chi connectivity index (χ1n) is 5.76. The Hall–Kier alpha value is -0.840. The molecule has 0 saturated heterocycles. The number of likely N-dealkylation sites (N-methyl/N-ethyl adjacent to an activating group) is 1. The third-order valence-electron chi connectivity index (χ3n) is 2.94. The van der Waals surface area contributed by atoms with Gasteiger partial charge in [0.2, 0.25) is 0 Å². The Kier molecular flexibility index (Phi) is 4.80. The van der Waals surface area contributed by atoms with Gasteiger partial charge in [0.05, 0.1) is 7.11 Å². The number of methoxy groups -OCH3 is 1. The van der Waals surface area contributed by atoms with Crippen LogP contribution in [0.5, 0.6) is 5.75 Å². The maximum Gasteiger partial charge on any atom is 0.119 e. The molecule has 1 aromatic heterocycles. The molecule has 2 rings (SSSR count). The number of halogens is 1. The average molecular weight is 326 g/mol. The number of hydrogen-bond acceptors (Lipinski definition) is 3. The molecule has 0 bridgehead atoms. The molecule has 1 unspecified atom stereocenters. The minimum Gasteiger partial charge on any atom is -0.497 e. The van der Waals surface area contributed by atoms with Crippen molar-refractivity contribution in [2.45, 2.75) is 12.5 Å². The highest BCUT2D eigenvalue weighted by atomic mass is 79.9. The lowest BCUT2D eigenvalue weighted by atomic mass is 10.0. The molecule has 2 nitrogen and oxygen atoms in total. The second kappa shape index (κ2) is 6.36. The van der Waals surface area contributed by atoms with E-state index >= 15 is 0 Å². The second-order valence-corrected chi connectivity index (χ2v) is 5.67. The summed E-state index contributed by atoms with van der Waals surface area (Å²) in [5, 5.41) is 7.67. The molecule has 1 atom stereocenters. The summed E-state index contributed by atoms with van der Waals surface area (Å²) in [6.07, 6.45) is 0.947. The summed E-state index contributed by atoms with van der Waals surface area (Å²) < 4.78 is 6.43. The predicted molar refractivity (Wildman–Crippen MR) is 80.5 cm³/mol. The number of benzene rings is 1. The van der Waals surface area contributed by atoms with Crippen molar-refractivity contribution in [1.29, 1.82) is 0 Å². The molecule has 0 aliphatic rings. The number of hydrogen-bond donors (Lipinski definition) is 1. The Bertz CT molecular complexity index is 512. The Morgan fingerprint density at radius 3 is 2.83 bits per heavy atom. The molecule has 0 amide bonds. The van der Waals surface area contributed by atoms with Crippen molar-refractivity contribution in [2.24, 2.45) is 0 Å². The summed E-state index contributed by atoms with van der Waals surface area (Å²) in [6.45, 7) is 0. The minimum absolute atomic E-state index is 0.317. The molecule has 2 aromatic rings. The van der Waals surface area contributed by atoms with Crippen molar-refractivity contribution in [2.75, 3.05) is 14.2 Å². The molecule has 18 heavy (non-hydrogen) atoms. The zero-order valence-corrected chi connectivity index (χ0v) is 12.8. The monoisotopic (exact) mass is 325 g/mol. The van der Waals surface area contributed by atoms with Gasteiger partial charge in [-0.15, -0.1) is 0 Å². The van der Waals surface area contributed by atoms with Gasteiger partial charge in [-0.05, 0) is 58.0 Å². The topological polar surface area (TPSA) is 21.3 Å². The minimum atomic E-state index is 0.317.